The molecule has 1 fully saturated rings. The molecule has 3 heterocycles. The molecule has 2 aromatic rings. The number of aryl methyl sites for hydroxylation is 1. The van der Waals surface area contributed by atoms with Crippen LogP contribution in [0.4, 0.5) is 5.82 Å². The number of hydrogen-bond donors (Lipinski definition) is 0. The van der Waals surface area contributed by atoms with Gasteiger partial charge in [0.05, 0.1) is 5.69 Å². The van der Waals surface area contributed by atoms with E-state index in [0.717, 1.165) is 57.9 Å². The Labute approximate surface area is 156 Å². The maximum absolute atomic E-state index is 4.76. The van der Waals surface area contributed by atoms with Crippen molar-refractivity contribution in [1.29, 1.82) is 0 Å². The predicted octanol–water partition coefficient (Wildman–Crippen LogP) is 1.47. The Balaban J connectivity index is 1.49. The Hall–Kier alpha value is -1.73. The minimum atomic E-state index is 0.754. The highest BCUT2D eigenvalue weighted by Crippen LogP contribution is 2.30. The van der Waals surface area contributed by atoms with Crippen molar-refractivity contribution in [2.24, 2.45) is 0 Å². The molecule has 7 nitrogen and oxygen atoms in total. The van der Waals surface area contributed by atoms with Crippen LogP contribution in [0.2, 0.25) is 0 Å². The highest BCUT2D eigenvalue weighted by Gasteiger charge is 2.26. The van der Waals surface area contributed by atoms with E-state index in [0.29, 0.717) is 0 Å². The summed E-state index contributed by atoms with van der Waals surface area (Å²) in [5, 5.41) is 4.48. The summed E-state index contributed by atoms with van der Waals surface area (Å²) >= 11 is 0. The van der Waals surface area contributed by atoms with Crippen LogP contribution in [0.3, 0.4) is 0 Å². The summed E-state index contributed by atoms with van der Waals surface area (Å²) in [5.74, 6) is 2.01. The molecule has 0 atom stereocenters. The molecule has 0 radical (unpaired) electrons. The predicted molar refractivity (Wildman–Crippen MR) is 104 cm³/mol. The molecule has 0 spiro atoms. The van der Waals surface area contributed by atoms with Gasteiger partial charge in [-0.3, -0.25) is 4.90 Å². The molecule has 0 aromatic carbocycles. The van der Waals surface area contributed by atoms with E-state index in [4.69, 9.17) is 4.98 Å². The van der Waals surface area contributed by atoms with Crippen LogP contribution in [-0.4, -0.2) is 81.7 Å². The summed E-state index contributed by atoms with van der Waals surface area (Å²) in [5.41, 5.74) is 2.65. The summed E-state index contributed by atoms with van der Waals surface area (Å²) in [4.78, 5) is 16.7. The molecule has 26 heavy (non-hydrogen) atoms. The van der Waals surface area contributed by atoms with Gasteiger partial charge in [-0.15, -0.1) is 0 Å². The topological polar surface area (TPSA) is 52.8 Å². The molecule has 142 valence electrons. The first kappa shape index (κ1) is 17.7. The van der Waals surface area contributed by atoms with Crippen molar-refractivity contribution in [2.75, 3.05) is 57.3 Å². The van der Waals surface area contributed by atoms with Crippen molar-refractivity contribution in [3.8, 4) is 0 Å². The number of aromatic nitrogens is 4. The van der Waals surface area contributed by atoms with Gasteiger partial charge < -0.3 is 9.80 Å². The first-order chi connectivity index (χ1) is 12.8. The maximum Gasteiger partial charge on any atom is 0.254 e. The molecular formula is C19H31N7. The molecule has 0 N–H and O–H groups in total. The number of fused-ring (bicyclic) bond motifs is 2. The SMILES string of the molecule is CCN(CC)CCN1CCN(c2c3c(nc4ncnn24)CCCC3)CC1. The second-order valence-corrected chi connectivity index (χ2v) is 7.40. The van der Waals surface area contributed by atoms with Crippen LogP contribution in [0, 0.1) is 0 Å². The Morgan fingerprint density at radius 2 is 1.81 bits per heavy atom. The second kappa shape index (κ2) is 7.88. The molecular weight excluding hydrogens is 326 g/mol. The molecule has 0 amide bonds. The fourth-order valence-electron chi connectivity index (χ4n) is 4.29. The summed E-state index contributed by atoms with van der Waals surface area (Å²) in [6, 6.07) is 0. The van der Waals surface area contributed by atoms with Gasteiger partial charge in [0.1, 0.15) is 12.1 Å². The molecule has 0 unspecified atom stereocenters. The Morgan fingerprint density at radius 3 is 2.58 bits per heavy atom. The first-order valence-electron chi connectivity index (χ1n) is 10.2. The molecule has 1 aliphatic carbocycles. The minimum absolute atomic E-state index is 0.754. The molecule has 0 bridgehead atoms. The average molecular weight is 358 g/mol. The molecule has 1 saturated heterocycles. The number of nitrogens with zero attached hydrogens (tertiary/aromatic N) is 7. The van der Waals surface area contributed by atoms with E-state index in [9.17, 15) is 0 Å². The zero-order valence-corrected chi connectivity index (χ0v) is 16.2. The van der Waals surface area contributed by atoms with Crippen LogP contribution in [-0.2, 0) is 12.8 Å². The van der Waals surface area contributed by atoms with Crippen LogP contribution in [0.5, 0.6) is 0 Å². The third-order valence-electron chi connectivity index (χ3n) is 5.97. The third-order valence-corrected chi connectivity index (χ3v) is 5.97. The molecule has 1 aliphatic heterocycles. The van der Waals surface area contributed by atoms with Gasteiger partial charge in [0.2, 0.25) is 0 Å². The fraction of sp³-hybridized carbons (Fsp3) is 0.737. The number of piperazine rings is 1. The Morgan fingerprint density at radius 1 is 1.04 bits per heavy atom. The lowest BCUT2D eigenvalue weighted by atomic mass is 9.96. The quantitative estimate of drug-likeness (QED) is 0.780. The van der Waals surface area contributed by atoms with Crippen molar-refractivity contribution in [3.05, 3.63) is 17.6 Å². The largest absolute Gasteiger partial charge is 0.354 e. The summed E-state index contributed by atoms with van der Waals surface area (Å²) < 4.78 is 1.97. The van der Waals surface area contributed by atoms with E-state index >= 15 is 0 Å². The number of anilines is 1. The van der Waals surface area contributed by atoms with Gasteiger partial charge in [0.15, 0.2) is 0 Å². The van der Waals surface area contributed by atoms with Gasteiger partial charge >= 0.3 is 0 Å². The van der Waals surface area contributed by atoms with Gasteiger partial charge in [0, 0.05) is 44.8 Å². The smallest absolute Gasteiger partial charge is 0.254 e. The highest BCUT2D eigenvalue weighted by molar-refractivity contribution is 5.55. The van der Waals surface area contributed by atoms with Gasteiger partial charge in [0.25, 0.3) is 5.78 Å². The third kappa shape index (κ3) is 3.42. The number of rotatable bonds is 6. The van der Waals surface area contributed by atoms with Crippen LogP contribution >= 0.6 is 0 Å². The van der Waals surface area contributed by atoms with Gasteiger partial charge in [-0.2, -0.15) is 14.6 Å². The normalized spacial score (nSPS) is 18.7. The van der Waals surface area contributed by atoms with E-state index in [1.165, 1.54) is 43.0 Å². The van der Waals surface area contributed by atoms with Crippen molar-refractivity contribution >= 4 is 11.6 Å². The van der Waals surface area contributed by atoms with Crippen molar-refractivity contribution < 1.29 is 0 Å². The standard InChI is InChI=1S/C19H31N7/c1-3-23(4-2)9-10-24-11-13-25(14-12-24)18-16-7-5-6-8-17(16)22-19-20-15-21-26(18)19/h15H,3-14H2,1-2H3. The lowest BCUT2D eigenvalue weighted by Gasteiger charge is -2.38. The van der Waals surface area contributed by atoms with Crippen LogP contribution < -0.4 is 4.90 Å². The van der Waals surface area contributed by atoms with Crippen molar-refractivity contribution in [2.45, 2.75) is 39.5 Å². The van der Waals surface area contributed by atoms with Crippen LogP contribution in [0.15, 0.2) is 6.33 Å². The zero-order valence-electron chi connectivity index (χ0n) is 16.2. The monoisotopic (exact) mass is 357 g/mol. The van der Waals surface area contributed by atoms with Gasteiger partial charge in [-0.05, 0) is 38.8 Å². The Bertz CT molecular complexity index is 729. The van der Waals surface area contributed by atoms with E-state index < -0.39 is 0 Å². The molecule has 4 rings (SSSR count). The summed E-state index contributed by atoms with van der Waals surface area (Å²) in [6.07, 6.45) is 6.33. The van der Waals surface area contributed by atoms with E-state index in [1.807, 2.05) is 4.52 Å². The van der Waals surface area contributed by atoms with Crippen LogP contribution in [0.1, 0.15) is 37.9 Å². The summed E-state index contributed by atoms with van der Waals surface area (Å²) in [7, 11) is 0. The lowest BCUT2D eigenvalue weighted by molar-refractivity contribution is 0.205. The number of likely N-dealkylation sites (N-methyl/N-ethyl adjacent to an activating group) is 1. The van der Waals surface area contributed by atoms with Crippen molar-refractivity contribution in [3.63, 3.8) is 0 Å². The van der Waals surface area contributed by atoms with E-state index in [2.05, 4.69) is 38.6 Å². The second-order valence-electron chi connectivity index (χ2n) is 7.40. The first-order valence-corrected chi connectivity index (χ1v) is 10.2. The average Bonchev–Trinajstić information content (AvgIpc) is 3.15. The van der Waals surface area contributed by atoms with E-state index in [1.54, 1.807) is 6.33 Å². The van der Waals surface area contributed by atoms with E-state index in [-0.39, 0.29) is 0 Å². The molecule has 2 aliphatic rings. The summed E-state index contributed by atoms with van der Waals surface area (Å²) in [6.45, 7) is 13.5. The Kier molecular flexibility index (Phi) is 5.36. The number of hydrogen-bond acceptors (Lipinski definition) is 6. The zero-order chi connectivity index (χ0) is 17.9. The lowest BCUT2D eigenvalue weighted by Crippen LogP contribution is -2.49. The van der Waals surface area contributed by atoms with Gasteiger partial charge in [-0.1, -0.05) is 13.8 Å². The highest BCUT2D eigenvalue weighted by atomic mass is 15.4. The molecule has 0 saturated carbocycles. The van der Waals surface area contributed by atoms with Gasteiger partial charge in [-0.25, -0.2) is 4.98 Å². The molecule has 7 heteroatoms. The fourth-order valence-corrected chi connectivity index (χ4v) is 4.29. The minimum Gasteiger partial charge on any atom is -0.354 e. The molecule has 2 aromatic heterocycles. The van der Waals surface area contributed by atoms with Crippen LogP contribution in [0.25, 0.3) is 5.78 Å². The van der Waals surface area contributed by atoms with Crippen molar-refractivity contribution in [1.82, 2.24) is 29.4 Å². The maximum atomic E-state index is 4.76.